The second-order valence-electron chi connectivity index (χ2n) is 5.71. The molecule has 3 aromatic rings. The number of phenols is 1. The fraction of sp³-hybridized carbons (Fsp3) is 0. The van der Waals surface area contributed by atoms with Crippen molar-refractivity contribution in [3.05, 3.63) is 94.3 Å². The van der Waals surface area contributed by atoms with Crippen LogP contribution in [-0.2, 0) is 0 Å². The highest BCUT2D eigenvalue weighted by Crippen LogP contribution is 2.25. The highest BCUT2D eigenvalue weighted by molar-refractivity contribution is 6.10. The number of esters is 1. The first-order chi connectivity index (χ1) is 13.7. The van der Waals surface area contributed by atoms with Crippen molar-refractivity contribution in [2.75, 3.05) is 0 Å². The maximum absolute atomic E-state index is 13.7. The number of halogens is 5. The average Bonchev–Trinajstić information content (AvgIpc) is 2.71. The number of hydrogen-bond acceptors (Lipinski definition) is 4. The van der Waals surface area contributed by atoms with E-state index < -0.39 is 46.4 Å². The summed E-state index contributed by atoms with van der Waals surface area (Å²) in [5, 5.41) is 9.71. The molecule has 3 rings (SSSR count). The van der Waals surface area contributed by atoms with Gasteiger partial charge >= 0.3 is 5.97 Å². The molecule has 0 bridgehead atoms. The summed E-state index contributed by atoms with van der Waals surface area (Å²) in [4.78, 5) is 24.2. The van der Waals surface area contributed by atoms with E-state index in [0.29, 0.717) is 0 Å². The molecule has 0 spiro atoms. The molecule has 0 unspecified atom stereocenters. The number of ketones is 1. The Balaban J connectivity index is 1.85. The number of ether oxygens (including phenoxy) is 1. The fourth-order valence-corrected chi connectivity index (χ4v) is 2.44. The van der Waals surface area contributed by atoms with Crippen LogP contribution in [0.5, 0.6) is 11.5 Å². The van der Waals surface area contributed by atoms with Gasteiger partial charge in [-0.05, 0) is 36.4 Å². The van der Waals surface area contributed by atoms with Gasteiger partial charge in [-0.3, -0.25) is 4.79 Å². The van der Waals surface area contributed by atoms with Crippen LogP contribution in [0, 0.1) is 29.1 Å². The largest absolute Gasteiger partial charge is 0.507 e. The number of hydrogen-bond donors (Lipinski definition) is 1. The molecular formula is C20H9F5O4. The molecule has 0 aliphatic heterocycles. The third kappa shape index (κ3) is 3.66. The van der Waals surface area contributed by atoms with Crippen LogP contribution < -0.4 is 4.74 Å². The van der Waals surface area contributed by atoms with Crippen molar-refractivity contribution >= 4 is 11.8 Å². The predicted molar refractivity (Wildman–Crippen MR) is 89.2 cm³/mol. The fourth-order valence-electron chi connectivity index (χ4n) is 2.44. The molecular weight excluding hydrogens is 399 g/mol. The van der Waals surface area contributed by atoms with Gasteiger partial charge in [0.25, 0.3) is 0 Å². The smallest absolute Gasteiger partial charge is 0.349 e. The van der Waals surface area contributed by atoms with Crippen molar-refractivity contribution in [1.29, 1.82) is 0 Å². The number of para-hydroxylation sites is 1. The zero-order chi connectivity index (χ0) is 21.3. The Bertz CT molecular complexity index is 1100. The molecule has 0 aliphatic rings. The monoisotopic (exact) mass is 408 g/mol. The van der Waals surface area contributed by atoms with E-state index in [2.05, 4.69) is 4.74 Å². The van der Waals surface area contributed by atoms with E-state index in [0.717, 1.165) is 12.1 Å². The summed E-state index contributed by atoms with van der Waals surface area (Å²) in [7, 11) is 0. The lowest BCUT2D eigenvalue weighted by Crippen LogP contribution is -2.17. The Hall–Kier alpha value is -3.75. The number of phenolic OH excluding ortho intramolecular Hbond substituents is 1. The van der Waals surface area contributed by atoms with Gasteiger partial charge in [0.15, 0.2) is 29.1 Å². The standard InChI is InChI=1S/C20H9F5O4/c21-14-13(15(22)17(24)18(25)16(14)23)20(28)29-10-7-5-9(6-8-10)19(27)11-3-1-2-4-12(11)26/h1-8,26H. The van der Waals surface area contributed by atoms with Crippen molar-refractivity contribution in [2.45, 2.75) is 0 Å². The van der Waals surface area contributed by atoms with Gasteiger partial charge in [-0.25, -0.2) is 26.7 Å². The van der Waals surface area contributed by atoms with Crippen LogP contribution in [-0.4, -0.2) is 16.9 Å². The van der Waals surface area contributed by atoms with Gasteiger partial charge in [-0.1, -0.05) is 12.1 Å². The summed E-state index contributed by atoms with van der Waals surface area (Å²) >= 11 is 0. The molecule has 4 nitrogen and oxygen atoms in total. The van der Waals surface area contributed by atoms with Crippen molar-refractivity contribution in [1.82, 2.24) is 0 Å². The molecule has 148 valence electrons. The van der Waals surface area contributed by atoms with E-state index in [1.54, 1.807) is 0 Å². The molecule has 0 saturated carbocycles. The minimum Gasteiger partial charge on any atom is -0.507 e. The zero-order valence-electron chi connectivity index (χ0n) is 14.2. The maximum atomic E-state index is 13.7. The molecule has 0 aliphatic carbocycles. The predicted octanol–water partition coefficient (Wildman–Crippen LogP) is 4.54. The Labute approximate surface area is 159 Å². The first kappa shape index (κ1) is 20.0. The van der Waals surface area contributed by atoms with E-state index >= 15 is 0 Å². The Kier molecular flexibility index (Phi) is 5.31. The third-order valence-electron chi connectivity index (χ3n) is 3.89. The van der Waals surface area contributed by atoms with Crippen molar-refractivity contribution in [3.63, 3.8) is 0 Å². The van der Waals surface area contributed by atoms with E-state index in [4.69, 9.17) is 0 Å². The lowest BCUT2D eigenvalue weighted by Gasteiger charge is -2.09. The number of benzene rings is 3. The number of carbonyl (C=O) groups excluding carboxylic acids is 2. The molecule has 3 aromatic carbocycles. The molecule has 9 heteroatoms. The molecule has 0 aromatic heterocycles. The van der Waals surface area contributed by atoms with Crippen LogP contribution in [0.1, 0.15) is 26.3 Å². The van der Waals surface area contributed by atoms with Crippen LogP contribution in [0.2, 0.25) is 0 Å². The minimum atomic E-state index is -2.40. The summed E-state index contributed by atoms with van der Waals surface area (Å²) in [6.07, 6.45) is 0. The summed E-state index contributed by atoms with van der Waals surface area (Å²) in [5.74, 6) is -14.5. The van der Waals surface area contributed by atoms with Crippen LogP contribution in [0.25, 0.3) is 0 Å². The molecule has 0 fully saturated rings. The van der Waals surface area contributed by atoms with E-state index in [9.17, 15) is 36.6 Å². The van der Waals surface area contributed by atoms with Crippen LogP contribution in [0.15, 0.2) is 48.5 Å². The topological polar surface area (TPSA) is 63.6 Å². The molecule has 0 saturated heterocycles. The lowest BCUT2D eigenvalue weighted by atomic mass is 10.0. The van der Waals surface area contributed by atoms with Crippen LogP contribution in [0.3, 0.4) is 0 Å². The molecule has 0 atom stereocenters. The van der Waals surface area contributed by atoms with E-state index in [1.807, 2.05) is 0 Å². The number of rotatable bonds is 4. The lowest BCUT2D eigenvalue weighted by molar-refractivity contribution is 0.0721. The molecule has 0 radical (unpaired) electrons. The second-order valence-corrected chi connectivity index (χ2v) is 5.71. The first-order valence-corrected chi connectivity index (χ1v) is 7.88. The maximum Gasteiger partial charge on any atom is 0.349 e. The van der Waals surface area contributed by atoms with E-state index in [-0.39, 0.29) is 22.6 Å². The molecule has 1 N–H and O–H groups in total. The highest BCUT2D eigenvalue weighted by atomic mass is 19.2. The molecule has 29 heavy (non-hydrogen) atoms. The number of aromatic hydroxyl groups is 1. The summed E-state index contributed by atoms with van der Waals surface area (Å²) in [6, 6.07) is 10.3. The minimum absolute atomic E-state index is 0.0126. The summed E-state index contributed by atoms with van der Waals surface area (Å²) in [5.41, 5.74) is -1.64. The molecule has 0 amide bonds. The van der Waals surface area contributed by atoms with Gasteiger partial charge in [0.05, 0.1) is 5.56 Å². The quantitative estimate of drug-likeness (QED) is 0.172. The van der Waals surface area contributed by atoms with Crippen LogP contribution in [0.4, 0.5) is 22.0 Å². The van der Waals surface area contributed by atoms with Gasteiger partial charge in [0, 0.05) is 5.56 Å². The Morgan fingerprint density at radius 3 is 1.79 bits per heavy atom. The van der Waals surface area contributed by atoms with Gasteiger partial charge in [-0.2, -0.15) is 0 Å². The van der Waals surface area contributed by atoms with Gasteiger partial charge < -0.3 is 9.84 Å². The number of carbonyl (C=O) groups is 2. The van der Waals surface area contributed by atoms with Gasteiger partial charge in [0.1, 0.15) is 17.1 Å². The van der Waals surface area contributed by atoms with E-state index in [1.165, 1.54) is 36.4 Å². The average molecular weight is 408 g/mol. The summed E-state index contributed by atoms with van der Waals surface area (Å²) < 4.78 is 71.4. The third-order valence-corrected chi connectivity index (χ3v) is 3.89. The molecule has 0 heterocycles. The second kappa shape index (κ2) is 7.70. The Morgan fingerprint density at radius 2 is 1.24 bits per heavy atom. The van der Waals surface area contributed by atoms with Crippen molar-refractivity contribution in [2.24, 2.45) is 0 Å². The Morgan fingerprint density at radius 1 is 0.724 bits per heavy atom. The van der Waals surface area contributed by atoms with Crippen LogP contribution >= 0.6 is 0 Å². The van der Waals surface area contributed by atoms with Gasteiger partial charge in [-0.15, -0.1) is 0 Å². The summed E-state index contributed by atoms with van der Waals surface area (Å²) in [6.45, 7) is 0. The van der Waals surface area contributed by atoms with Crippen molar-refractivity contribution < 1.29 is 41.4 Å². The highest BCUT2D eigenvalue weighted by Gasteiger charge is 2.31. The SMILES string of the molecule is O=C(c1ccc(OC(=O)c2c(F)c(F)c(F)c(F)c2F)cc1)c1ccccc1O. The van der Waals surface area contributed by atoms with Crippen molar-refractivity contribution in [3.8, 4) is 11.5 Å². The zero-order valence-corrected chi connectivity index (χ0v) is 14.2. The first-order valence-electron chi connectivity index (χ1n) is 7.88. The van der Waals surface area contributed by atoms with Gasteiger partial charge in [0.2, 0.25) is 5.82 Å². The normalized spacial score (nSPS) is 10.7.